The molecule has 0 aliphatic carbocycles. The Labute approximate surface area is 121 Å². The highest BCUT2D eigenvalue weighted by Crippen LogP contribution is 2.23. The van der Waals surface area contributed by atoms with Crippen molar-refractivity contribution in [1.29, 1.82) is 0 Å². The Kier molecular flexibility index (Phi) is 4.24. The van der Waals surface area contributed by atoms with Gasteiger partial charge in [-0.1, -0.05) is 15.9 Å². The standard InChI is InChI=1S/C13H10Br2FNO/c14-9-3-8(4-10(17)5-9)7-18-11-1-2-12(15)13(16)6-11/h1-6H,7,17H2. The number of ether oxygens (including phenoxy) is 1. The summed E-state index contributed by atoms with van der Waals surface area (Å²) < 4.78 is 20.1. The molecule has 2 aromatic carbocycles. The van der Waals surface area contributed by atoms with Gasteiger partial charge in [-0.25, -0.2) is 4.39 Å². The van der Waals surface area contributed by atoms with Crippen LogP contribution in [0.4, 0.5) is 10.1 Å². The quantitative estimate of drug-likeness (QED) is 0.802. The van der Waals surface area contributed by atoms with E-state index < -0.39 is 0 Å². The minimum absolute atomic E-state index is 0.338. The Morgan fingerprint density at radius 2 is 1.89 bits per heavy atom. The first-order chi connectivity index (χ1) is 8.54. The van der Waals surface area contributed by atoms with E-state index in [1.807, 2.05) is 18.2 Å². The first-order valence-corrected chi connectivity index (χ1v) is 6.76. The van der Waals surface area contributed by atoms with Crippen LogP contribution in [0, 0.1) is 5.82 Å². The number of anilines is 1. The molecule has 18 heavy (non-hydrogen) atoms. The molecule has 0 aliphatic heterocycles. The van der Waals surface area contributed by atoms with Crippen LogP contribution in [0.25, 0.3) is 0 Å². The van der Waals surface area contributed by atoms with Gasteiger partial charge < -0.3 is 10.5 Å². The first kappa shape index (κ1) is 13.4. The number of nitrogen functional groups attached to an aromatic ring is 1. The van der Waals surface area contributed by atoms with E-state index in [2.05, 4.69) is 31.9 Å². The molecule has 0 fully saturated rings. The van der Waals surface area contributed by atoms with Crippen molar-refractivity contribution >= 4 is 37.5 Å². The van der Waals surface area contributed by atoms with Gasteiger partial charge in [-0.15, -0.1) is 0 Å². The van der Waals surface area contributed by atoms with Gasteiger partial charge in [0.05, 0.1) is 4.47 Å². The molecule has 0 unspecified atom stereocenters. The van der Waals surface area contributed by atoms with Gasteiger partial charge in [0.2, 0.25) is 0 Å². The van der Waals surface area contributed by atoms with Crippen molar-refractivity contribution in [3.8, 4) is 5.75 Å². The number of rotatable bonds is 3. The highest BCUT2D eigenvalue weighted by atomic mass is 79.9. The topological polar surface area (TPSA) is 35.2 Å². The minimum Gasteiger partial charge on any atom is -0.489 e. The zero-order valence-corrected chi connectivity index (χ0v) is 12.5. The Balaban J connectivity index is 2.08. The molecule has 2 aromatic rings. The summed E-state index contributed by atoms with van der Waals surface area (Å²) >= 11 is 6.45. The van der Waals surface area contributed by atoms with Crippen LogP contribution in [0.1, 0.15) is 5.56 Å². The molecule has 0 bridgehead atoms. The van der Waals surface area contributed by atoms with Gasteiger partial charge in [-0.2, -0.15) is 0 Å². The molecule has 0 saturated heterocycles. The molecule has 0 radical (unpaired) electrons. The number of hydrogen-bond acceptors (Lipinski definition) is 2. The summed E-state index contributed by atoms with van der Waals surface area (Å²) in [5.74, 6) is 0.135. The van der Waals surface area contributed by atoms with Crippen molar-refractivity contribution in [2.75, 3.05) is 5.73 Å². The van der Waals surface area contributed by atoms with Crippen molar-refractivity contribution < 1.29 is 9.13 Å². The van der Waals surface area contributed by atoms with E-state index >= 15 is 0 Å². The maximum Gasteiger partial charge on any atom is 0.141 e. The zero-order chi connectivity index (χ0) is 13.1. The van der Waals surface area contributed by atoms with Crippen molar-refractivity contribution in [2.45, 2.75) is 6.61 Å². The van der Waals surface area contributed by atoms with Crippen LogP contribution in [0.2, 0.25) is 0 Å². The van der Waals surface area contributed by atoms with Crippen LogP contribution in [-0.4, -0.2) is 0 Å². The van der Waals surface area contributed by atoms with Gasteiger partial charge in [0, 0.05) is 16.2 Å². The molecular weight excluding hydrogens is 365 g/mol. The molecular formula is C13H10Br2FNO. The normalized spacial score (nSPS) is 10.4. The summed E-state index contributed by atoms with van der Waals surface area (Å²) in [5, 5.41) is 0. The number of hydrogen-bond donors (Lipinski definition) is 1. The number of nitrogens with two attached hydrogens (primary N) is 1. The lowest BCUT2D eigenvalue weighted by atomic mass is 10.2. The summed E-state index contributed by atoms with van der Waals surface area (Å²) in [5.41, 5.74) is 7.30. The predicted octanol–water partition coefficient (Wildman–Crippen LogP) is 4.51. The summed E-state index contributed by atoms with van der Waals surface area (Å²) in [4.78, 5) is 0. The lowest BCUT2D eigenvalue weighted by Gasteiger charge is -2.08. The van der Waals surface area contributed by atoms with E-state index in [0.717, 1.165) is 10.0 Å². The molecule has 0 heterocycles. The maximum atomic E-state index is 13.3. The second kappa shape index (κ2) is 5.71. The lowest BCUT2D eigenvalue weighted by Crippen LogP contribution is -1.97. The fourth-order valence-electron chi connectivity index (χ4n) is 1.49. The van der Waals surface area contributed by atoms with E-state index in [1.54, 1.807) is 12.1 Å². The van der Waals surface area contributed by atoms with E-state index in [4.69, 9.17) is 10.5 Å². The molecule has 0 amide bonds. The van der Waals surface area contributed by atoms with Gasteiger partial charge >= 0.3 is 0 Å². The smallest absolute Gasteiger partial charge is 0.141 e. The fraction of sp³-hybridized carbons (Fsp3) is 0.0769. The SMILES string of the molecule is Nc1cc(Br)cc(COc2ccc(Br)c(F)c2)c1. The molecule has 0 aromatic heterocycles. The van der Waals surface area contributed by atoms with E-state index in [0.29, 0.717) is 22.5 Å². The van der Waals surface area contributed by atoms with Crippen LogP contribution in [-0.2, 0) is 6.61 Å². The van der Waals surface area contributed by atoms with Crippen molar-refractivity contribution in [3.63, 3.8) is 0 Å². The van der Waals surface area contributed by atoms with Crippen LogP contribution in [0.15, 0.2) is 45.3 Å². The molecule has 2 nitrogen and oxygen atoms in total. The van der Waals surface area contributed by atoms with E-state index in [9.17, 15) is 4.39 Å². The zero-order valence-electron chi connectivity index (χ0n) is 9.29. The molecule has 2 N–H and O–H groups in total. The van der Waals surface area contributed by atoms with Crippen molar-refractivity contribution in [2.24, 2.45) is 0 Å². The van der Waals surface area contributed by atoms with Gasteiger partial charge in [-0.3, -0.25) is 0 Å². The monoisotopic (exact) mass is 373 g/mol. The Hall–Kier alpha value is -1.07. The third-order valence-electron chi connectivity index (χ3n) is 2.28. The van der Waals surface area contributed by atoms with Crippen LogP contribution >= 0.6 is 31.9 Å². The second-order valence-corrected chi connectivity index (χ2v) is 5.53. The Morgan fingerprint density at radius 1 is 1.11 bits per heavy atom. The summed E-state index contributed by atoms with van der Waals surface area (Å²) in [6, 6.07) is 10.2. The van der Waals surface area contributed by atoms with Crippen LogP contribution in [0.3, 0.4) is 0 Å². The first-order valence-electron chi connectivity index (χ1n) is 5.17. The summed E-state index contributed by atoms with van der Waals surface area (Å²) in [7, 11) is 0. The molecule has 0 spiro atoms. The van der Waals surface area contributed by atoms with Crippen molar-refractivity contribution in [1.82, 2.24) is 0 Å². The molecule has 0 aliphatic rings. The second-order valence-electron chi connectivity index (χ2n) is 3.76. The summed E-state index contributed by atoms with van der Waals surface area (Å²) in [6.07, 6.45) is 0. The van der Waals surface area contributed by atoms with Crippen LogP contribution < -0.4 is 10.5 Å². The van der Waals surface area contributed by atoms with Gasteiger partial charge in [0.1, 0.15) is 18.2 Å². The molecule has 0 saturated carbocycles. The van der Waals surface area contributed by atoms with E-state index in [1.165, 1.54) is 6.07 Å². The molecule has 94 valence electrons. The lowest BCUT2D eigenvalue weighted by molar-refractivity contribution is 0.304. The van der Waals surface area contributed by atoms with Gasteiger partial charge in [0.15, 0.2) is 0 Å². The molecule has 2 rings (SSSR count). The molecule has 5 heteroatoms. The third-order valence-corrected chi connectivity index (χ3v) is 3.38. The summed E-state index contributed by atoms with van der Waals surface area (Å²) in [6.45, 7) is 0.338. The fourth-order valence-corrected chi connectivity index (χ4v) is 2.30. The van der Waals surface area contributed by atoms with Gasteiger partial charge in [0.25, 0.3) is 0 Å². The van der Waals surface area contributed by atoms with Crippen molar-refractivity contribution in [3.05, 3.63) is 56.7 Å². The average molecular weight is 375 g/mol. The maximum absolute atomic E-state index is 13.3. The average Bonchev–Trinajstić information content (AvgIpc) is 2.29. The number of halogens is 3. The Morgan fingerprint density at radius 3 is 2.56 bits per heavy atom. The highest BCUT2D eigenvalue weighted by molar-refractivity contribution is 9.10. The predicted molar refractivity (Wildman–Crippen MR) is 77.0 cm³/mol. The van der Waals surface area contributed by atoms with Gasteiger partial charge in [-0.05, 0) is 51.8 Å². The Bertz CT molecular complexity index is 555. The molecule has 0 atom stereocenters. The highest BCUT2D eigenvalue weighted by Gasteiger charge is 2.03. The van der Waals surface area contributed by atoms with E-state index in [-0.39, 0.29) is 5.82 Å². The van der Waals surface area contributed by atoms with Crippen LogP contribution in [0.5, 0.6) is 5.75 Å². The largest absolute Gasteiger partial charge is 0.489 e. The minimum atomic E-state index is -0.346. The number of benzene rings is 2. The third kappa shape index (κ3) is 3.46.